The number of nitrogens with one attached hydrogen (secondary N) is 2. The Balaban J connectivity index is 1.68. The molecular weight excluding hydrogens is 240 g/mol. The fourth-order valence-corrected chi connectivity index (χ4v) is 2.58. The van der Waals surface area contributed by atoms with Crippen LogP contribution in [0.5, 0.6) is 0 Å². The molecular formula is C14H24N4O. The van der Waals surface area contributed by atoms with Crippen molar-refractivity contribution in [3.8, 4) is 0 Å². The zero-order chi connectivity index (χ0) is 13.7. The predicted octanol–water partition coefficient (Wildman–Crippen LogP) is 1.27. The Morgan fingerprint density at radius 1 is 1.58 bits per heavy atom. The van der Waals surface area contributed by atoms with E-state index >= 15 is 0 Å². The molecule has 0 radical (unpaired) electrons. The molecule has 0 aliphatic carbocycles. The van der Waals surface area contributed by atoms with Gasteiger partial charge in [0.2, 0.25) is 5.91 Å². The first kappa shape index (κ1) is 14.1. The van der Waals surface area contributed by atoms with E-state index in [2.05, 4.69) is 15.7 Å². The first-order chi connectivity index (χ1) is 9.15. The van der Waals surface area contributed by atoms with Gasteiger partial charge in [0.05, 0.1) is 5.69 Å². The number of carbonyl (C=O) groups is 1. The molecule has 1 saturated heterocycles. The fraction of sp³-hybridized carbons (Fsp3) is 0.714. The largest absolute Gasteiger partial charge is 0.352 e. The van der Waals surface area contributed by atoms with E-state index < -0.39 is 0 Å². The molecule has 0 bridgehead atoms. The second-order valence-corrected chi connectivity index (χ2v) is 5.38. The highest BCUT2D eigenvalue weighted by molar-refractivity contribution is 5.75. The zero-order valence-electron chi connectivity index (χ0n) is 11.9. The van der Waals surface area contributed by atoms with Gasteiger partial charge in [0.25, 0.3) is 0 Å². The number of amides is 1. The van der Waals surface area contributed by atoms with Gasteiger partial charge in [-0.3, -0.25) is 9.48 Å². The fourth-order valence-electron chi connectivity index (χ4n) is 2.58. The normalized spacial score (nSPS) is 19.4. The van der Waals surface area contributed by atoms with Crippen molar-refractivity contribution in [1.82, 2.24) is 20.4 Å². The third kappa shape index (κ3) is 4.35. The van der Waals surface area contributed by atoms with E-state index in [0.717, 1.165) is 24.2 Å². The van der Waals surface area contributed by atoms with Crippen molar-refractivity contribution < 1.29 is 4.79 Å². The van der Waals surface area contributed by atoms with Crippen molar-refractivity contribution in [2.45, 2.75) is 51.6 Å². The summed E-state index contributed by atoms with van der Waals surface area (Å²) in [6.07, 6.45) is 7.26. The summed E-state index contributed by atoms with van der Waals surface area (Å²) in [6.45, 7) is 3.64. The van der Waals surface area contributed by atoms with Crippen LogP contribution in [0.4, 0.5) is 0 Å². The molecule has 1 aliphatic rings. The van der Waals surface area contributed by atoms with Gasteiger partial charge in [-0.05, 0) is 32.7 Å². The van der Waals surface area contributed by atoms with Crippen molar-refractivity contribution in [1.29, 1.82) is 0 Å². The summed E-state index contributed by atoms with van der Waals surface area (Å²) >= 11 is 0. The average Bonchev–Trinajstić information content (AvgIpc) is 2.73. The third-order valence-electron chi connectivity index (χ3n) is 3.72. The maximum Gasteiger partial charge on any atom is 0.220 e. The Labute approximate surface area is 114 Å². The lowest BCUT2D eigenvalue weighted by Crippen LogP contribution is -2.35. The Morgan fingerprint density at radius 2 is 2.42 bits per heavy atom. The highest BCUT2D eigenvalue weighted by atomic mass is 16.1. The minimum Gasteiger partial charge on any atom is -0.352 e. The Morgan fingerprint density at radius 3 is 3.05 bits per heavy atom. The molecule has 1 unspecified atom stereocenters. The highest BCUT2D eigenvalue weighted by Crippen LogP contribution is 2.11. The lowest BCUT2D eigenvalue weighted by atomic mass is 10.0. The van der Waals surface area contributed by atoms with E-state index in [1.807, 2.05) is 20.2 Å². The second kappa shape index (κ2) is 6.70. The van der Waals surface area contributed by atoms with E-state index in [-0.39, 0.29) is 5.91 Å². The summed E-state index contributed by atoms with van der Waals surface area (Å²) in [6, 6.07) is 0.527. The topological polar surface area (TPSA) is 59.0 Å². The molecule has 1 aromatic rings. The summed E-state index contributed by atoms with van der Waals surface area (Å²) in [5.74, 6) is 0.135. The van der Waals surface area contributed by atoms with Gasteiger partial charge in [-0.25, -0.2) is 0 Å². The van der Waals surface area contributed by atoms with E-state index in [0.29, 0.717) is 19.0 Å². The molecule has 2 rings (SSSR count). The minimum atomic E-state index is 0.135. The monoisotopic (exact) mass is 264 g/mol. The van der Waals surface area contributed by atoms with Crippen LogP contribution in [-0.4, -0.2) is 28.3 Å². The summed E-state index contributed by atoms with van der Waals surface area (Å²) in [5, 5.41) is 10.7. The number of rotatable bonds is 5. The molecule has 19 heavy (non-hydrogen) atoms. The maximum atomic E-state index is 11.8. The number of aryl methyl sites for hydroxylation is 2. The second-order valence-electron chi connectivity index (χ2n) is 5.38. The molecule has 1 aliphatic heterocycles. The molecule has 5 heteroatoms. The van der Waals surface area contributed by atoms with E-state index in [1.165, 1.54) is 19.3 Å². The first-order valence-electron chi connectivity index (χ1n) is 7.14. The van der Waals surface area contributed by atoms with Crippen LogP contribution in [0.15, 0.2) is 6.20 Å². The molecule has 1 aromatic heterocycles. The lowest BCUT2D eigenvalue weighted by molar-refractivity contribution is -0.121. The average molecular weight is 264 g/mol. The van der Waals surface area contributed by atoms with Gasteiger partial charge >= 0.3 is 0 Å². The molecule has 1 atom stereocenters. The first-order valence-corrected chi connectivity index (χ1v) is 7.14. The van der Waals surface area contributed by atoms with Gasteiger partial charge in [-0.1, -0.05) is 6.42 Å². The SMILES string of the molecule is Cc1nn(C)cc1CNC(=O)CCC1CCCCN1. The number of aromatic nitrogens is 2. The van der Waals surface area contributed by atoms with Crippen LogP contribution in [0.1, 0.15) is 43.4 Å². The van der Waals surface area contributed by atoms with Crippen LogP contribution in [0.25, 0.3) is 0 Å². The molecule has 1 amide bonds. The minimum absolute atomic E-state index is 0.135. The smallest absolute Gasteiger partial charge is 0.220 e. The molecule has 106 valence electrons. The van der Waals surface area contributed by atoms with Crippen molar-refractivity contribution in [3.63, 3.8) is 0 Å². The van der Waals surface area contributed by atoms with Crippen LogP contribution >= 0.6 is 0 Å². The van der Waals surface area contributed by atoms with Gasteiger partial charge in [0.15, 0.2) is 0 Å². The molecule has 0 spiro atoms. The summed E-state index contributed by atoms with van der Waals surface area (Å²) in [5.41, 5.74) is 2.07. The number of hydrogen-bond donors (Lipinski definition) is 2. The Bertz CT molecular complexity index is 421. The van der Waals surface area contributed by atoms with Crippen molar-refractivity contribution >= 4 is 5.91 Å². The Hall–Kier alpha value is -1.36. The number of hydrogen-bond acceptors (Lipinski definition) is 3. The summed E-state index contributed by atoms with van der Waals surface area (Å²) in [4.78, 5) is 11.8. The Kier molecular flexibility index (Phi) is 4.96. The van der Waals surface area contributed by atoms with Gasteiger partial charge in [0.1, 0.15) is 0 Å². The van der Waals surface area contributed by atoms with Gasteiger partial charge in [-0.2, -0.15) is 5.10 Å². The van der Waals surface area contributed by atoms with E-state index in [1.54, 1.807) is 4.68 Å². The van der Waals surface area contributed by atoms with Crippen LogP contribution in [0.2, 0.25) is 0 Å². The van der Waals surface area contributed by atoms with E-state index in [4.69, 9.17) is 0 Å². The summed E-state index contributed by atoms with van der Waals surface area (Å²) < 4.78 is 1.78. The number of nitrogens with zero attached hydrogens (tertiary/aromatic N) is 2. The van der Waals surface area contributed by atoms with E-state index in [9.17, 15) is 4.79 Å². The zero-order valence-corrected chi connectivity index (χ0v) is 11.9. The quantitative estimate of drug-likeness (QED) is 0.842. The molecule has 2 N–H and O–H groups in total. The predicted molar refractivity (Wildman–Crippen MR) is 74.7 cm³/mol. The maximum absolute atomic E-state index is 11.8. The van der Waals surface area contributed by atoms with Crippen LogP contribution < -0.4 is 10.6 Å². The molecule has 0 aromatic carbocycles. The standard InChI is InChI=1S/C14H24N4O/c1-11-12(10-18(2)17-11)9-16-14(19)7-6-13-5-3-4-8-15-13/h10,13,15H,3-9H2,1-2H3,(H,16,19). The van der Waals surface area contributed by atoms with Crippen LogP contribution in [0.3, 0.4) is 0 Å². The number of carbonyl (C=O) groups excluding carboxylic acids is 1. The van der Waals surface area contributed by atoms with Crippen LogP contribution in [0, 0.1) is 6.92 Å². The molecule has 5 nitrogen and oxygen atoms in total. The number of piperidine rings is 1. The van der Waals surface area contributed by atoms with Gasteiger partial charge < -0.3 is 10.6 Å². The molecule has 2 heterocycles. The third-order valence-corrected chi connectivity index (χ3v) is 3.72. The van der Waals surface area contributed by atoms with Gasteiger partial charge in [0, 0.05) is 37.8 Å². The van der Waals surface area contributed by atoms with Gasteiger partial charge in [-0.15, -0.1) is 0 Å². The van der Waals surface area contributed by atoms with Crippen molar-refractivity contribution in [3.05, 3.63) is 17.5 Å². The van der Waals surface area contributed by atoms with Crippen molar-refractivity contribution in [2.75, 3.05) is 6.54 Å². The molecule has 0 saturated carbocycles. The molecule has 1 fully saturated rings. The lowest BCUT2D eigenvalue weighted by Gasteiger charge is -2.23. The highest BCUT2D eigenvalue weighted by Gasteiger charge is 2.14. The summed E-state index contributed by atoms with van der Waals surface area (Å²) in [7, 11) is 1.90. The van der Waals surface area contributed by atoms with Crippen molar-refractivity contribution in [2.24, 2.45) is 7.05 Å². The van der Waals surface area contributed by atoms with Crippen LogP contribution in [-0.2, 0) is 18.4 Å².